The predicted octanol–water partition coefficient (Wildman–Crippen LogP) is 15.5. The molecule has 0 radical (unpaired) electrons. The summed E-state index contributed by atoms with van der Waals surface area (Å²) in [6, 6.07) is 66.0. The summed E-state index contributed by atoms with van der Waals surface area (Å²) in [5.74, 6) is 0. The van der Waals surface area contributed by atoms with Gasteiger partial charge in [-0.1, -0.05) is 121 Å². The number of nitrogens with zero attached hydrogens (tertiary/aromatic N) is 2. The van der Waals surface area contributed by atoms with Gasteiger partial charge in [-0.25, -0.2) is 4.98 Å². The fourth-order valence-electron chi connectivity index (χ4n) is 7.75. The molecule has 0 unspecified atom stereocenters. The molecule has 0 amide bonds. The normalized spacial score (nSPS) is 11.7. The summed E-state index contributed by atoms with van der Waals surface area (Å²) in [5.41, 5.74) is 10.4. The second-order valence-electron chi connectivity index (χ2n) is 13.5. The van der Waals surface area contributed by atoms with Crippen molar-refractivity contribution >= 4 is 102 Å². The van der Waals surface area contributed by atoms with E-state index in [1.54, 1.807) is 11.3 Å². The number of aromatic nitrogens is 1. The minimum atomic E-state index is 1.05. The molecular weight excluding hydrogens is 713 g/mol. The molecule has 3 heterocycles. The largest absolute Gasteiger partial charge is 0.310 e. The Balaban J connectivity index is 1.08. The van der Waals surface area contributed by atoms with E-state index in [-0.39, 0.29) is 0 Å². The summed E-state index contributed by atoms with van der Waals surface area (Å²) in [6.45, 7) is 0. The number of benzene rings is 8. The van der Waals surface area contributed by atoms with Gasteiger partial charge in [0, 0.05) is 63.0 Å². The highest BCUT2D eigenvalue weighted by atomic mass is 32.1. The van der Waals surface area contributed by atoms with Crippen molar-refractivity contribution in [3.8, 4) is 32.8 Å². The molecule has 0 fully saturated rings. The molecule has 5 heteroatoms. The second kappa shape index (κ2) is 12.8. The van der Waals surface area contributed by atoms with E-state index in [4.69, 9.17) is 4.98 Å². The van der Waals surface area contributed by atoms with E-state index >= 15 is 0 Å². The molecule has 54 heavy (non-hydrogen) atoms. The molecule has 11 rings (SSSR count). The van der Waals surface area contributed by atoms with Crippen LogP contribution < -0.4 is 4.90 Å². The lowest BCUT2D eigenvalue weighted by Crippen LogP contribution is -2.10. The molecule has 0 spiro atoms. The van der Waals surface area contributed by atoms with Crippen LogP contribution in [0.25, 0.3) is 83.4 Å². The van der Waals surface area contributed by atoms with Crippen LogP contribution in [0, 0.1) is 0 Å². The van der Waals surface area contributed by atoms with Crippen LogP contribution in [0.15, 0.2) is 182 Å². The molecule has 254 valence electrons. The van der Waals surface area contributed by atoms with Crippen molar-refractivity contribution in [2.45, 2.75) is 0 Å². The molecule has 8 aromatic carbocycles. The maximum Gasteiger partial charge on any atom is 0.124 e. The van der Waals surface area contributed by atoms with E-state index in [1.165, 1.54) is 67.3 Å². The van der Waals surface area contributed by atoms with E-state index < -0.39 is 0 Å². The van der Waals surface area contributed by atoms with Crippen LogP contribution in [-0.4, -0.2) is 4.98 Å². The Morgan fingerprint density at radius 2 is 1.02 bits per heavy atom. The van der Waals surface area contributed by atoms with Gasteiger partial charge >= 0.3 is 0 Å². The fraction of sp³-hybridized carbons (Fsp3) is 0. The zero-order chi connectivity index (χ0) is 35.6. The number of hydrogen-bond donors (Lipinski definition) is 0. The first-order chi connectivity index (χ1) is 26.7. The van der Waals surface area contributed by atoms with Crippen molar-refractivity contribution in [1.29, 1.82) is 0 Å². The topological polar surface area (TPSA) is 16.1 Å². The first-order valence-electron chi connectivity index (χ1n) is 18.0. The van der Waals surface area contributed by atoms with Crippen LogP contribution in [0.3, 0.4) is 0 Å². The van der Waals surface area contributed by atoms with Gasteiger partial charge in [-0.2, -0.15) is 0 Å². The van der Waals surface area contributed by atoms with Crippen LogP contribution >= 0.6 is 34.0 Å². The van der Waals surface area contributed by atoms with Crippen molar-refractivity contribution in [2.24, 2.45) is 0 Å². The van der Waals surface area contributed by atoms with Gasteiger partial charge in [0.15, 0.2) is 0 Å². The fourth-order valence-corrected chi connectivity index (χ4v) is 11.1. The third-order valence-electron chi connectivity index (χ3n) is 10.3. The molecule has 3 aromatic heterocycles. The van der Waals surface area contributed by atoms with E-state index in [1.807, 2.05) is 22.7 Å². The minimum absolute atomic E-state index is 1.05. The molecule has 11 aromatic rings. The van der Waals surface area contributed by atoms with E-state index in [2.05, 4.69) is 187 Å². The lowest BCUT2D eigenvalue weighted by atomic mass is 10.0. The zero-order valence-electron chi connectivity index (χ0n) is 28.9. The van der Waals surface area contributed by atoms with Gasteiger partial charge in [-0.05, 0) is 82.9 Å². The zero-order valence-corrected chi connectivity index (χ0v) is 31.4. The monoisotopic (exact) mass is 742 g/mol. The average Bonchev–Trinajstić information content (AvgIpc) is 3.95. The lowest BCUT2D eigenvalue weighted by molar-refractivity contribution is 1.29. The summed E-state index contributed by atoms with van der Waals surface area (Å²) >= 11 is 5.48. The van der Waals surface area contributed by atoms with Gasteiger partial charge in [0.2, 0.25) is 0 Å². The van der Waals surface area contributed by atoms with Crippen molar-refractivity contribution in [3.05, 3.63) is 182 Å². The summed E-state index contributed by atoms with van der Waals surface area (Å²) in [4.78, 5) is 7.65. The molecule has 0 bridgehead atoms. The summed E-state index contributed by atoms with van der Waals surface area (Å²) in [6.07, 6.45) is 0. The van der Waals surface area contributed by atoms with Crippen LogP contribution in [0.4, 0.5) is 17.1 Å². The van der Waals surface area contributed by atoms with Crippen molar-refractivity contribution in [1.82, 2.24) is 4.98 Å². The molecule has 0 aliphatic heterocycles. The smallest absolute Gasteiger partial charge is 0.124 e. The summed E-state index contributed by atoms with van der Waals surface area (Å²) < 4.78 is 6.39. The van der Waals surface area contributed by atoms with Crippen molar-refractivity contribution < 1.29 is 0 Å². The van der Waals surface area contributed by atoms with Gasteiger partial charge in [0.05, 0.1) is 10.2 Å². The first kappa shape index (κ1) is 31.4. The predicted molar refractivity (Wildman–Crippen MR) is 236 cm³/mol. The lowest BCUT2D eigenvalue weighted by Gasteiger charge is -2.26. The number of thiophene rings is 2. The number of thiazole rings is 1. The molecule has 0 aliphatic rings. The molecule has 0 N–H and O–H groups in total. The Hall–Kier alpha value is -6.11. The van der Waals surface area contributed by atoms with Gasteiger partial charge in [0.1, 0.15) is 5.01 Å². The third-order valence-corrected chi connectivity index (χ3v) is 13.7. The molecular formula is C49H30N2S3. The Kier molecular flexibility index (Phi) is 7.44. The first-order valence-corrected chi connectivity index (χ1v) is 20.5. The molecule has 0 aliphatic carbocycles. The second-order valence-corrected chi connectivity index (χ2v) is 16.7. The highest BCUT2D eigenvalue weighted by Gasteiger charge is 2.19. The van der Waals surface area contributed by atoms with E-state index in [9.17, 15) is 0 Å². The number of rotatable bonds is 6. The maximum absolute atomic E-state index is 5.26. The Morgan fingerprint density at radius 3 is 1.87 bits per heavy atom. The Morgan fingerprint density at radius 1 is 0.370 bits per heavy atom. The standard InChI is InChI=1S/C49H30N2S3/c1-3-11-31(12-4-1)34-15-9-16-36(29-34)51(35-23-21-32(22-24-35)38-18-10-19-40-39-17-7-8-20-42(39)53-48(38)40)37-25-26-43-41(30-37)46-44(52-43)27-28-45-47(46)50-49(54-45)33-13-5-2-6-14-33/h1-30H. The molecule has 0 atom stereocenters. The van der Waals surface area contributed by atoms with Crippen LogP contribution in [0.5, 0.6) is 0 Å². The van der Waals surface area contributed by atoms with E-state index in [0.29, 0.717) is 0 Å². The Bertz CT molecular complexity index is 3160. The Labute approximate surface area is 324 Å². The summed E-state index contributed by atoms with van der Waals surface area (Å²) in [7, 11) is 0. The maximum atomic E-state index is 5.26. The highest BCUT2D eigenvalue weighted by Crippen LogP contribution is 2.46. The van der Waals surface area contributed by atoms with Gasteiger partial charge in [-0.3, -0.25) is 0 Å². The average molecular weight is 743 g/mol. The van der Waals surface area contributed by atoms with Crippen molar-refractivity contribution in [3.63, 3.8) is 0 Å². The van der Waals surface area contributed by atoms with Crippen LogP contribution in [0.2, 0.25) is 0 Å². The molecule has 0 saturated heterocycles. The quantitative estimate of drug-likeness (QED) is 0.169. The van der Waals surface area contributed by atoms with Crippen molar-refractivity contribution in [2.75, 3.05) is 4.90 Å². The number of anilines is 3. The van der Waals surface area contributed by atoms with Gasteiger partial charge in [0.25, 0.3) is 0 Å². The highest BCUT2D eigenvalue weighted by molar-refractivity contribution is 7.27. The van der Waals surface area contributed by atoms with Crippen LogP contribution in [0.1, 0.15) is 0 Å². The third kappa shape index (κ3) is 5.24. The van der Waals surface area contributed by atoms with Gasteiger partial charge < -0.3 is 4.90 Å². The summed E-state index contributed by atoms with van der Waals surface area (Å²) in [5, 5.41) is 6.16. The molecule has 2 nitrogen and oxygen atoms in total. The van der Waals surface area contributed by atoms with Crippen LogP contribution in [-0.2, 0) is 0 Å². The minimum Gasteiger partial charge on any atom is -0.310 e. The van der Waals surface area contributed by atoms with E-state index in [0.717, 1.165) is 33.1 Å². The number of hydrogen-bond acceptors (Lipinski definition) is 5. The number of fused-ring (bicyclic) bond motifs is 8. The molecule has 0 saturated carbocycles. The SMILES string of the molecule is c1ccc(-c2cccc(N(c3ccc(-c4cccc5c4sc4ccccc45)cc3)c3ccc4sc5ccc6sc(-c7ccccc7)nc6c5c4c3)c2)cc1. The van der Waals surface area contributed by atoms with Gasteiger partial charge in [-0.15, -0.1) is 34.0 Å².